The number of esters is 1. The average Bonchev–Trinajstić information content (AvgIpc) is 2.38. The summed E-state index contributed by atoms with van der Waals surface area (Å²) in [6.07, 6.45) is 0.531. The molecule has 0 aliphatic carbocycles. The Morgan fingerprint density at radius 2 is 2.00 bits per heavy atom. The van der Waals surface area contributed by atoms with E-state index < -0.39 is 0 Å². The quantitative estimate of drug-likeness (QED) is 0.449. The molecule has 1 aromatic carbocycles. The van der Waals surface area contributed by atoms with Crippen LogP contribution in [0.4, 0.5) is 5.69 Å². The van der Waals surface area contributed by atoms with Crippen molar-refractivity contribution in [2.45, 2.75) is 33.1 Å². The van der Waals surface area contributed by atoms with Crippen molar-refractivity contribution in [2.75, 3.05) is 6.61 Å². The van der Waals surface area contributed by atoms with Gasteiger partial charge in [0.1, 0.15) is 0 Å². The molecular formula is C14H19NO4. The Balaban J connectivity index is 2.81. The van der Waals surface area contributed by atoms with Gasteiger partial charge in [0.25, 0.3) is 5.69 Å². The topological polar surface area (TPSA) is 69.4 Å². The molecule has 0 aliphatic rings. The minimum absolute atomic E-state index is 0.0685. The predicted octanol–water partition coefficient (Wildman–Crippen LogP) is 3.29. The third kappa shape index (κ3) is 4.05. The second kappa shape index (κ2) is 6.87. The SMILES string of the molecule is CCOC(=O)C(C)CC(C)c1ccccc1[N+](=O)[O-]. The number of nitrogens with zero attached hydrogens (tertiary/aromatic N) is 1. The Kier molecular flexibility index (Phi) is 5.48. The van der Waals surface area contributed by atoms with Crippen LogP contribution in [-0.4, -0.2) is 17.5 Å². The number of hydrogen-bond acceptors (Lipinski definition) is 4. The van der Waals surface area contributed by atoms with Gasteiger partial charge in [-0.2, -0.15) is 0 Å². The Bertz CT molecular complexity index is 459. The van der Waals surface area contributed by atoms with E-state index in [1.54, 1.807) is 32.0 Å². The number of carbonyl (C=O) groups is 1. The minimum Gasteiger partial charge on any atom is -0.466 e. The summed E-state index contributed by atoms with van der Waals surface area (Å²) in [6, 6.07) is 6.64. The molecule has 5 heteroatoms. The second-order valence-electron chi connectivity index (χ2n) is 4.61. The second-order valence-corrected chi connectivity index (χ2v) is 4.61. The van der Waals surface area contributed by atoms with E-state index in [2.05, 4.69) is 0 Å². The Morgan fingerprint density at radius 3 is 2.58 bits per heavy atom. The lowest BCUT2D eigenvalue weighted by Gasteiger charge is -2.16. The van der Waals surface area contributed by atoms with Crippen molar-refractivity contribution in [1.29, 1.82) is 0 Å². The maximum Gasteiger partial charge on any atom is 0.308 e. The lowest BCUT2D eigenvalue weighted by Crippen LogP contribution is -2.17. The molecule has 2 atom stereocenters. The van der Waals surface area contributed by atoms with E-state index in [1.165, 1.54) is 6.07 Å². The van der Waals surface area contributed by atoms with E-state index >= 15 is 0 Å². The van der Waals surface area contributed by atoms with Gasteiger partial charge in [-0.15, -0.1) is 0 Å². The fraction of sp³-hybridized carbons (Fsp3) is 0.500. The molecule has 1 rings (SSSR count). The molecule has 0 bridgehead atoms. The third-order valence-corrected chi connectivity index (χ3v) is 3.06. The molecule has 0 aromatic heterocycles. The molecule has 0 amide bonds. The monoisotopic (exact) mass is 265 g/mol. The standard InChI is InChI=1S/C14H19NO4/c1-4-19-14(16)11(3)9-10(2)12-7-5-6-8-13(12)15(17)18/h5-8,10-11H,4,9H2,1-3H3. The Labute approximate surface area is 112 Å². The van der Waals surface area contributed by atoms with Crippen LogP contribution in [0.3, 0.4) is 0 Å². The van der Waals surface area contributed by atoms with Crippen LogP contribution in [-0.2, 0) is 9.53 Å². The highest BCUT2D eigenvalue weighted by Gasteiger charge is 2.23. The van der Waals surface area contributed by atoms with Crippen molar-refractivity contribution in [1.82, 2.24) is 0 Å². The Hall–Kier alpha value is -1.91. The fourth-order valence-electron chi connectivity index (χ4n) is 2.11. The van der Waals surface area contributed by atoms with Crippen LogP contribution >= 0.6 is 0 Å². The zero-order chi connectivity index (χ0) is 14.4. The predicted molar refractivity (Wildman–Crippen MR) is 71.9 cm³/mol. The average molecular weight is 265 g/mol. The summed E-state index contributed by atoms with van der Waals surface area (Å²) in [5.74, 6) is -0.594. The number of para-hydroxylation sites is 1. The number of carbonyl (C=O) groups excluding carboxylic acids is 1. The van der Waals surface area contributed by atoms with Gasteiger partial charge < -0.3 is 4.74 Å². The normalized spacial score (nSPS) is 13.6. The van der Waals surface area contributed by atoms with Crippen LogP contribution < -0.4 is 0 Å². The summed E-state index contributed by atoms with van der Waals surface area (Å²) in [4.78, 5) is 22.1. The smallest absolute Gasteiger partial charge is 0.308 e. The van der Waals surface area contributed by atoms with Gasteiger partial charge in [0.15, 0.2) is 0 Å². The molecule has 104 valence electrons. The summed E-state index contributed by atoms with van der Waals surface area (Å²) in [6.45, 7) is 5.78. The van der Waals surface area contributed by atoms with Gasteiger partial charge in [-0.1, -0.05) is 32.0 Å². The van der Waals surface area contributed by atoms with Crippen molar-refractivity contribution in [3.8, 4) is 0 Å². The van der Waals surface area contributed by atoms with Gasteiger partial charge in [0, 0.05) is 11.6 Å². The van der Waals surface area contributed by atoms with Crippen LogP contribution in [0.15, 0.2) is 24.3 Å². The summed E-state index contributed by atoms with van der Waals surface area (Å²) >= 11 is 0. The van der Waals surface area contributed by atoms with Crippen LogP contribution in [0.25, 0.3) is 0 Å². The van der Waals surface area contributed by atoms with Crippen molar-refractivity contribution in [2.24, 2.45) is 5.92 Å². The van der Waals surface area contributed by atoms with Gasteiger partial charge in [-0.25, -0.2) is 0 Å². The lowest BCUT2D eigenvalue weighted by molar-refractivity contribution is -0.385. The summed E-state index contributed by atoms with van der Waals surface area (Å²) in [5.41, 5.74) is 0.759. The number of hydrogen-bond donors (Lipinski definition) is 0. The maximum atomic E-state index is 11.6. The van der Waals surface area contributed by atoms with Crippen LogP contribution in [0.2, 0.25) is 0 Å². The third-order valence-electron chi connectivity index (χ3n) is 3.06. The largest absolute Gasteiger partial charge is 0.466 e. The molecule has 0 saturated heterocycles. The number of benzene rings is 1. The molecule has 2 unspecified atom stereocenters. The summed E-state index contributed by atoms with van der Waals surface area (Å²) in [5, 5.41) is 11.0. The molecular weight excluding hydrogens is 246 g/mol. The molecule has 0 spiro atoms. The van der Waals surface area contributed by atoms with E-state index in [9.17, 15) is 14.9 Å². The van der Waals surface area contributed by atoms with Gasteiger partial charge in [0.2, 0.25) is 0 Å². The van der Waals surface area contributed by atoms with E-state index in [-0.39, 0.29) is 28.4 Å². The van der Waals surface area contributed by atoms with Crippen LogP contribution in [0, 0.1) is 16.0 Å². The number of ether oxygens (including phenoxy) is 1. The molecule has 0 heterocycles. The van der Waals surface area contributed by atoms with Crippen LogP contribution in [0.5, 0.6) is 0 Å². The van der Waals surface area contributed by atoms with E-state index in [1.807, 2.05) is 6.92 Å². The van der Waals surface area contributed by atoms with Crippen molar-refractivity contribution in [3.05, 3.63) is 39.9 Å². The van der Waals surface area contributed by atoms with E-state index in [4.69, 9.17) is 4.74 Å². The van der Waals surface area contributed by atoms with E-state index in [0.29, 0.717) is 18.6 Å². The van der Waals surface area contributed by atoms with Crippen LogP contribution in [0.1, 0.15) is 38.7 Å². The first-order valence-corrected chi connectivity index (χ1v) is 6.37. The first-order valence-electron chi connectivity index (χ1n) is 6.37. The fourth-order valence-corrected chi connectivity index (χ4v) is 2.11. The Morgan fingerprint density at radius 1 is 1.37 bits per heavy atom. The molecule has 5 nitrogen and oxygen atoms in total. The molecule has 0 radical (unpaired) electrons. The molecule has 0 N–H and O–H groups in total. The van der Waals surface area contributed by atoms with Gasteiger partial charge in [-0.3, -0.25) is 14.9 Å². The number of nitro benzene ring substituents is 1. The minimum atomic E-state index is -0.388. The summed E-state index contributed by atoms with van der Waals surface area (Å²) in [7, 11) is 0. The molecule has 1 aromatic rings. The van der Waals surface area contributed by atoms with Crippen molar-refractivity contribution < 1.29 is 14.5 Å². The summed E-state index contributed by atoms with van der Waals surface area (Å²) < 4.78 is 4.95. The zero-order valence-electron chi connectivity index (χ0n) is 11.5. The highest BCUT2D eigenvalue weighted by molar-refractivity contribution is 5.72. The molecule has 0 aliphatic heterocycles. The van der Waals surface area contributed by atoms with Gasteiger partial charge >= 0.3 is 5.97 Å². The number of nitro groups is 1. The van der Waals surface area contributed by atoms with Gasteiger partial charge in [0.05, 0.1) is 17.4 Å². The molecule has 0 fully saturated rings. The maximum absolute atomic E-state index is 11.6. The van der Waals surface area contributed by atoms with Crippen molar-refractivity contribution in [3.63, 3.8) is 0 Å². The van der Waals surface area contributed by atoms with Gasteiger partial charge in [-0.05, 0) is 19.3 Å². The lowest BCUT2D eigenvalue weighted by atomic mass is 9.90. The molecule has 19 heavy (non-hydrogen) atoms. The highest BCUT2D eigenvalue weighted by Crippen LogP contribution is 2.30. The highest BCUT2D eigenvalue weighted by atomic mass is 16.6. The van der Waals surface area contributed by atoms with Crippen molar-refractivity contribution >= 4 is 11.7 Å². The van der Waals surface area contributed by atoms with E-state index in [0.717, 1.165) is 0 Å². The number of rotatable bonds is 6. The molecule has 0 saturated carbocycles. The first-order chi connectivity index (χ1) is 8.97. The zero-order valence-corrected chi connectivity index (χ0v) is 11.5. The first kappa shape index (κ1) is 15.1.